The van der Waals surface area contributed by atoms with E-state index < -0.39 is 17.6 Å². The van der Waals surface area contributed by atoms with Crippen LogP contribution in [0.1, 0.15) is 12.5 Å². The number of carbonyl (C=O) groups excluding carboxylic acids is 2. The Morgan fingerprint density at radius 2 is 1.79 bits per heavy atom. The van der Waals surface area contributed by atoms with Crippen LogP contribution in [0.25, 0.3) is 11.8 Å². The lowest BCUT2D eigenvalue weighted by molar-refractivity contribution is -0.137. The predicted molar refractivity (Wildman–Crippen MR) is 106 cm³/mol. The number of ether oxygens (including phenoxy) is 1. The van der Waals surface area contributed by atoms with Gasteiger partial charge in [-0.25, -0.2) is 9.59 Å². The van der Waals surface area contributed by atoms with E-state index in [2.05, 4.69) is 15.7 Å². The lowest BCUT2D eigenvalue weighted by Crippen LogP contribution is -2.29. The molecule has 1 amide bonds. The van der Waals surface area contributed by atoms with Gasteiger partial charge in [0.25, 0.3) is 0 Å². The molecule has 9 nitrogen and oxygen atoms in total. The molecule has 0 bridgehead atoms. The van der Waals surface area contributed by atoms with Gasteiger partial charge in [0.1, 0.15) is 6.54 Å². The Labute approximate surface area is 166 Å². The van der Waals surface area contributed by atoms with Crippen LogP contribution in [-0.2, 0) is 20.9 Å². The van der Waals surface area contributed by atoms with E-state index in [-0.39, 0.29) is 6.54 Å². The van der Waals surface area contributed by atoms with Crippen molar-refractivity contribution in [3.8, 4) is 5.69 Å². The Kier molecular flexibility index (Phi) is 6.31. The van der Waals surface area contributed by atoms with E-state index in [1.165, 1.54) is 6.08 Å². The summed E-state index contributed by atoms with van der Waals surface area (Å²) in [6.07, 6.45) is 2.95. The highest BCUT2D eigenvalue weighted by Crippen LogP contribution is 2.11. The van der Waals surface area contributed by atoms with Crippen molar-refractivity contribution in [3.05, 3.63) is 76.7 Å². The van der Waals surface area contributed by atoms with Gasteiger partial charge in [0.2, 0.25) is 5.91 Å². The average Bonchev–Trinajstić information content (AvgIpc) is 3.08. The van der Waals surface area contributed by atoms with Crippen molar-refractivity contribution in [1.29, 1.82) is 0 Å². The van der Waals surface area contributed by atoms with Gasteiger partial charge < -0.3 is 10.1 Å². The maximum atomic E-state index is 12.4. The maximum absolute atomic E-state index is 12.4. The van der Waals surface area contributed by atoms with Crippen molar-refractivity contribution in [3.63, 3.8) is 0 Å². The summed E-state index contributed by atoms with van der Waals surface area (Å²) < 4.78 is 6.92. The number of amides is 1. The fourth-order valence-corrected chi connectivity index (χ4v) is 2.47. The van der Waals surface area contributed by atoms with Gasteiger partial charge >= 0.3 is 11.7 Å². The Morgan fingerprint density at radius 3 is 2.48 bits per heavy atom. The molecule has 3 rings (SSSR count). The minimum Gasteiger partial charge on any atom is -0.463 e. The van der Waals surface area contributed by atoms with Gasteiger partial charge in [-0.1, -0.05) is 30.3 Å². The minimum atomic E-state index is -0.509. The first-order valence-corrected chi connectivity index (χ1v) is 8.90. The predicted octanol–water partition coefficient (Wildman–Crippen LogP) is 1.64. The van der Waals surface area contributed by atoms with E-state index in [0.29, 0.717) is 18.0 Å². The summed E-state index contributed by atoms with van der Waals surface area (Å²) in [5, 5.41) is 10.2. The number of carbonyl (C=O) groups is 2. The zero-order chi connectivity index (χ0) is 20.6. The molecule has 9 heteroatoms. The third-order valence-corrected chi connectivity index (χ3v) is 3.83. The number of hydrogen-bond donors (Lipinski definition) is 1. The zero-order valence-corrected chi connectivity index (χ0v) is 15.7. The van der Waals surface area contributed by atoms with Crippen molar-refractivity contribution < 1.29 is 14.3 Å². The number of nitrogens with one attached hydrogen (secondary N) is 1. The number of hydrogen-bond acceptors (Lipinski definition) is 6. The van der Waals surface area contributed by atoms with Crippen LogP contribution in [-0.4, -0.2) is 38.3 Å². The zero-order valence-electron chi connectivity index (χ0n) is 15.7. The van der Waals surface area contributed by atoms with Crippen molar-refractivity contribution in [1.82, 2.24) is 19.8 Å². The number of rotatable bonds is 7. The molecule has 1 heterocycles. The van der Waals surface area contributed by atoms with E-state index in [1.807, 2.05) is 6.07 Å². The normalized spacial score (nSPS) is 10.8. The molecular formula is C20H19N5O4. The number of tetrazole rings is 1. The molecular weight excluding hydrogens is 374 g/mol. The molecule has 0 saturated heterocycles. The molecule has 0 unspecified atom stereocenters. The van der Waals surface area contributed by atoms with Crippen LogP contribution in [0, 0.1) is 0 Å². The van der Waals surface area contributed by atoms with Crippen LogP contribution in [0.4, 0.5) is 5.69 Å². The van der Waals surface area contributed by atoms with Crippen molar-refractivity contribution in [2.24, 2.45) is 0 Å². The molecule has 1 aromatic heterocycles. The second kappa shape index (κ2) is 9.27. The Morgan fingerprint density at radius 1 is 1.07 bits per heavy atom. The van der Waals surface area contributed by atoms with Gasteiger partial charge in [0.15, 0.2) is 0 Å². The fraction of sp³-hybridized carbons (Fsp3) is 0.150. The minimum absolute atomic E-state index is 0.268. The van der Waals surface area contributed by atoms with E-state index in [4.69, 9.17) is 4.74 Å². The van der Waals surface area contributed by atoms with E-state index in [1.54, 1.807) is 61.5 Å². The summed E-state index contributed by atoms with van der Waals surface area (Å²) in [5.41, 5.74) is 1.38. The molecule has 0 radical (unpaired) electrons. The Hall–Kier alpha value is -4.01. The number of anilines is 1. The number of para-hydroxylation sites is 1. The van der Waals surface area contributed by atoms with E-state index in [9.17, 15) is 14.4 Å². The molecule has 1 N–H and O–H groups in total. The summed E-state index contributed by atoms with van der Waals surface area (Å²) in [6, 6.07) is 15.7. The molecule has 0 saturated carbocycles. The van der Waals surface area contributed by atoms with Gasteiger partial charge in [-0.05, 0) is 53.3 Å². The highest BCUT2D eigenvalue weighted by Gasteiger charge is 2.12. The lowest BCUT2D eigenvalue weighted by Gasteiger charge is -2.05. The number of aromatic nitrogens is 4. The summed E-state index contributed by atoms with van der Waals surface area (Å²) in [7, 11) is 0. The summed E-state index contributed by atoms with van der Waals surface area (Å²) in [4.78, 5) is 35.9. The van der Waals surface area contributed by atoms with Gasteiger partial charge in [-0.3, -0.25) is 4.79 Å². The van der Waals surface area contributed by atoms with Crippen LogP contribution in [0.15, 0.2) is 65.5 Å². The van der Waals surface area contributed by atoms with Gasteiger partial charge in [0, 0.05) is 11.8 Å². The SMILES string of the molecule is CCOC(=O)/C=C\c1ccc(NC(=O)Cn2nnn(-c3ccccc3)c2=O)cc1. The highest BCUT2D eigenvalue weighted by molar-refractivity contribution is 5.91. The third-order valence-electron chi connectivity index (χ3n) is 3.83. The first kappa shape index (κ1) is 19.7. The Balaban J connectivity index is 1.61. The van der Waals surface area contributed by atoms with Crippen molar-refractivity contribution in [2.45, 2.75) is 13.5 Å². The van der Waals surface area contributed by atoms with Gasteiger partial charge in [0.05, 0.1) is 12.3 Å². The molecule has 0 aliphatic carbocycles. The molecule has 0 spiro atoms. The molecule has 0 aliphatic heterocycles. The van der Waals surface area contributed by atoms with Crippen molar-refractivity contribution in [2.75, 3.05) is 11.9 Å². The van der Waals surface area contributed by atoms with Gasteiger partial charge in [-0.15, -0.1) is 0 Å². The molecule has 3 aromatic rings. The Bertz CT molecular complexity index is 1070. The first-order chi connectivity index (χ1) is 14.1. The topological polar surface area (TPSA) is 108 Å². The number of benzene rings is 2. The van der Waals surface area contributed by atoms with Crippen LogP contribution in [0.2, 0.25) is 0 Å². The standard InChI is InChI=1S/C20H19N5O4/c1-2-29-19(27)13-10-15-8-11-16(12-9-15)21-18(26)14-24-20(28)25(23-22-24)17-6-4-3-5-7-17/h3-13H,2,14H2,1H3,(H,21,26)/b13-10-. The maximum Gasteiger partial charge on any atom is 0.368 e. The summed E-state index contributed by atoms with van der Waals surface area (Å²) in [5.74, 6) is -0.833. The molecule has 0 fully saturated rings. The monoisotopic (exact) mass is 393 g/mol. The van der Waals surface area contributed by atoms with E-state index in [0.717, 1.165) is 14.9 Å². The number of nitrogens with zero attached hydrogens (tertiary/aromatic N) is 4. The second-order valence-corrected chi connectivity index (χ2v) is 5.92. The molecule has 29 heavy (non-hydrogen) atoms. The molecule has 148 valence electrons. The first-order valence-electron chi connectivity index (χ1n) is 8.90. The average molecular weight is 393 g/mol. The largest absolute Gasteiger partial charge is 0.463 e. The lowest BCUT2D eigenvalue weighted by atomic mass is 10.2. The van der Waals surface area contributed by atoms with Crippen LogP contribution in [0.5, 0.6) is 0 Å². The van der Waals surface area contributed by atoms with Crippen LogP contribution >= 0.6 is 0 Å². The molecule has 0 aliphatic rings. The second-order valence-electron chi connectivity index (χ2n) is 5.92. The molecule has 0 atom stereocenters. The van der Waals surface area contributed by atoms with Crippen molar-refractivity contribution >= 4 is 23.6 Å². The quantitative estimate of drug-likeness (QED) is 0.483. The van der Waals surface area contributed by atoms with Crippen LogP contribution < -0.4 is 11.0 Å². The third kappa shape index (κ3) is 5.25. The summed E-state index contributed by atoms with van der Waals surface area (Å²) >= 11 is 0. The molecule has 2 aromatic carbocycles. The highest BCUT2D eigenvalue weighted by atomic mass is 16.5. The fourth-order valence-electron chi connectivity index (χ4n) is 2.47. The number of esters is 1. The van der Waals surface area contributed by atoms with Gasteiger partial charge in [-0.2, -0.15) is 9.36 Å². The van der Waals surface area contributed by atoms with Crippen LogP contribution in [0.3, 0.4) is 0 Å². The summed E-state index contributed by atoms with van der Waals surface area (Å²) in [6.45, 7) is 1.78. The smallest absolute Gasteiger partial charge is 0.368 e. The van der Waals surface area contributed by atoms with E-state index >= 15 is 0 Å².